The SMILES string of the molecule is Cc1ccc(C(C)NC(=O)c2cc3cc(Cl)ccc3oc2=N)cc1. The lowest BCUT2D eigenvalue weighted by Gasteiger charge is -2.14. The molecule has 0 aliphatic heterocycles. The van der Waals surface area contributed by atoms with Crippen molar-refractivity contribution in [2.24, 2.45) is 0 Å². The average Bonchev–Trinajstić information content (AvgIpc) is 2.55. The highest BCUT2D eigenvalue weighted by Gasteiger charge is 2.15. The molecule has 0 aliphatic carbocycles. The molecule has 122 valence electrons. The fourth-order valence-electron chi connectivity index (χ4n) is 2.49. The minimum Gasteiger partial charge on any atom is -0.438 e. The summed E-state index contributed by atoms with van der Waals surface area (Å²) in [7, 11) is 0. The number of hydrogen-bond donors (Lipinski definition) is 2. The molecule has 2 aromatic carbocycles. The van der Waals surface area contributed by atoms with E-state index in [1.165, 1.54) is 0 Å². The van der Waals surface area contributed by atoms with Gasteiger partial charge in [-0.15, -0.1) is 0 Å². The number of hydrogen-bond acceptors (Lipinski definition) is 3. The quantitative estimate of drug-likeness (QED) is 0.743. The molecule has 1 unspecified atom stereocenters. The molecule has 3 rings (SSSR count). The van der Waals surface area contributed by atoms with Gasteiger partial charge in [0.25, 0.3) is 5.91 Å². The molecule has 0 saturated carbocycles. The van der Waals surface area contributed by atoms with Crippen LogP contribution >= 0.6 is 11.6 Å². The Morgan fingerprint density at radius 1 is 1.17 bits per heavy atom. The Morgan fingerprint density at radius 3 is 2.58 bits per heavy atom. The summed E-state index contributed by atoms with van der Waals surface area (Å²) < 4.78 is 5.42. The van der Waals surface area contributed by atoms with Gasteiger partial charge in [0.1, 0.15) is 11.1 Å². The van der Waals surface area contributed by atoms with Crippen LogP contribution in [0.25, 0.3) is 11.0 Å². The van der Waals surface area contributed by atoms with Crippen LogP contribution in [0.2, 0.25) is 5.02 Å². The Labute approximate surface area is 144 Å². The molecule has 0 spiro atoms. The Balaban J connectivity index is 1.89. The maximum absolute atomic E-state index is 12.5. The van der Waals surface area contributed by atoms with Crippen LogP contribution in [0.3, 0.4) is 0 Å². The van der Waals surface area contributed by atoms with Crippen molar-refractivity contribution in [2.45, 2.75) is 19.9 Å². The molecule has 0 bridgehead atoms. The van der Waals surface area contributed by atoms with Gasteiger partial charge in [0, 0.05) is 10.4 Å². The van der Waals surface area contributed by atoms with Gasteiger partial charge in [-0.2, -0.15) is 0 Å². The van der Waals surface area contributed by atoms with Crippen LogP contribution in [0.4, 0.5) is 0 Å². The number of rotatable bonds is 3. The summed E-state index contributed by atoms with van der Waals surface area (Å²) >= 11 is 5.98. The van der Waals surface area contributed by atoms with Crippen molar-refractivity contribution in [1.29, 1.82) is 5.41 Å². The summed E-state index contributed by atoms with van der Waals surface area (Å²) in [6, 6.07) is 14.5. The molecule has 4 nitrogen and oxygen atoms in total. The molecule has 5 heteroatoms. The summed E-state index contributed by atoms with van der Waals surface area (Å²) in [5.74, 6) is -0.348. The standard InChI is InChI=1S/C19H17ClN2O2/c1-11-3-5-13(6-4-11)12(2)22-19(23)16-10-14-9-15(20)7-8-17(14)24-18(16)21/h3-10,12,21H,1-2H3,(H,22,23). The number of carbonyl (C=O) groups excluding carboxylic acids is 1. The third-order valence-electron chi connectivity index (χ3n) is 3.90. The van der Waals surface area contributed by atoms with Crippen LogP contribution in [0.1, 0.15) is 34.5 Å². The minimum absolute atomic E-state index is 0.168. The lowest BCUT2D eigenvalue weighted by Crippen LogP contribution is -2.30. The summed E-state index contributed by atoms with van der Waals surface area (Å²) in [5.41, 5.74) is 2.70. The highest BCUT2D eigenvalue weighted by Crippen LogP contribution is 2.19. The van der Waals surface area contributed by atoms with Crippen molar-refractivity contribution in [2.75, 3.05) is 0 Å². The van der Waals surface area contributed by atoms with E-state index < -0.39 is 0 Å². The van der Waals surface area contributed by atoms with Gasteiger partial charge in [-0.3, -0.25) is 10.2 Å². The number of fused-ring (bicyclic) bond motifs is 1. The normalized spacial score (nSPS) is 12.1. The van der Waals surface area contributed by atoms with Gasteiger partial charge in [-0.05, 0) is 43.7 Å². The lowest BCUT2D eigenvalue weighted by atomic mass is 10.1. The first-order valence-corrected chi connectivity index (χ1v) is 7.97. The fraction of sp³-hybridized carbons (Fsp3) is 0.158. The van der Waals surface area contributed by atoms with Crippen LogP contribution in [0.15, 0.2) is 52.9 Å². The molecule has 0 fully saturated rings. The lowest BCUT2D eigenvalue weighted by molar-refractivity contribution is 0.0935. The van der Waals surface area contributed by atoms with E-state index in [9.17, 15) is 4.79 Å². The summed E-state index contributed by atoms with van der Waals surface area (Å²) in [5, 5.41) is 12.1. The topological polar surface area (TPSA) is 66.1 Å². The maximum atomic E-state index is 12.5. The zero-order chi connectivity index (χ0) is 17.3. The molecule has 1 atom stereocenters. The van der Waals surface area contributed by atoms with Crippen molar-refractivity contribution in [3.05, 3.63) is 75.8 Å². The first-order chi connectivity index (χ1) is 11.4. The van der Waals surface area contributed by atoms with Gasteiger partial charge in [-0.25, -0.2) is 0 Å². The van der Waals surface area contributed by atoms with Crippen LogP contribution < -0.4 is 10.9 Å². The number of amides is 1. The molecule has 0 aliphatic rings. The minimum atomic E-state index is -0.348. The smallest absolute Gasteiger partial charge is 0.257 e. The molecule has 24 heavy (non-hydrogen) atoms. The summed E-state index contributed by atoms with van der Waals surface area (Å²) in [4.78, 5) is 12.5. The number of nitrogens with one attached hydrogen (secondary N) is 2. The van der Waals surface area contributed by atoms with Crippen molar-refractivity contribution in [1.82, 2.24) is 5.32 Å². The molecule has 0 radical (unpaired) electrons. The van der Waals surface area contributed by atoms with Gasteiger partial charge in [0.05, 0.1) is 6.04 Å². The van der Waals surface area contributed by atoms with E-state index in [1.54, 1.807) is 24.3 Å². The van der Waals surface area contributed by atoms with Crippen LogP contribution in [-0.2, 0) is 0 Å². The molecule has 1 heterocycles. The summed E-state index contributed by atoms with van der Waals surface area (Å²) in [6.45, 7) is 3.92. The predicted octanol–water partition coefficient (Wildman–Crippen LogP) is 4.37. The molecule has 3 aromatic rings. The van der Waals surface area contributed by atoms with E-state index in [2.05, 4.69) is 5.32 Å². The van der Waals surface area contributed by atoms with Gasteiger partial charge < -0.3 is 9.73 Å². The molecule has 1 aromatic heterocycles. The Hall–Kier alpha value is -2.59. The Kier molecular flexibility index (Phi) is 4.40. The largest absolute Gasteiger partial charge is 0.438 e. The van der Waals surface area contributed by atoms with E-state index in [4.69, 9.17) is 21.4 Å². The van der Waals surface area contributed by atoms with Crippen molar-refractivity contribution in [3.8, 4) is 0 Å². The van der Waals surface area contributed by atoms with Gasteiger partial charge in [-0.1, -0.05) is 41.4 Å². The van der Waals surface area contributed by atoms with E-state index in [0.717, 1.165) is 11.1 Å². The monoisotopic (exact) mass is 340 g/mol. The second-order valence-corrected chi connectivity index (χ2v) is 6.21. The highest BCUT2D eigenvalue weighted by molar-refractivity contribution is 6.31. The third kappa shape index (κ3) is 3.34. The summed E-state index contributed by atoms with van der Waals surface area (Å²) in [6.07, 6.45) is 0. The van der Waals surface area contributed by atoms with Crippen LogP contribution in [-0.4, -0.2) is 5.91 Å². The van der Waals surface area contributed by atoms with E-state index >= 15 is 0 Å². The number of benzene rings is 2. The van der Waals surface area contributed by atoms with Crippen molar-refractivity contribution in [3.63, 3.8) is 0 Å². The molecular formula is C19H17ClN2O2. The predicted molar refractivity (Wildman–Crippen MR) is 94.1 cm³/mol. The van der Waals surface area contributed by atoms with Gasteiger partial charge in [0.2, 0.25) is 5.55 Å². The van der Waals surface area contributed by atoms with E-state index in [1.807, 2.05) is 38.1 Å². The Morgan fingerprint density at radius 2 is 1.88 bits per heavy atom. The van der Waals surface area contributed by atoms with Crippen molar-refractivity contribution < 1.29 is 9.21 Å². The maximum Gasteiger partial charge on any atom is 0.257 e. The van der Waals surface area contributed by atoms with Crippen LogP contribution in [0, 0.1) is 12.3 Å². The fourth-order valence-corrected chi connectivity index (χ4v) is 2.67. The molecular weight excluding hydrogens is 324 g/mol. The zero-order valence-electron chi connectivity index (χ0n) is 13.4. The molecule has 2 N–H and O–H groups in total. The second-order valence-electron chi connectivity index (χ2n) is 5.78. The average molecular weight is 341 g/mol. The third-order valence-corrected chi connectivity index (χ3v) is 4.13. The Bertz CT molecular complexity index is 961. The zero-order valence-corrected chi connectivity index (χ0v) is 14.1. The van der Waals surface area contributed by atoms with Crippen molar-refractivity contribution >= 4 is 28.5 Å². The van der Waals surface area contributed by atoms with Gasteiger partial charge in [0.15, 0.2) is 0 Å². The molecule has 1 amide bonds. The number of carbonyl (C=O) groups is 1. The highest BCUT2D eigenvalue weighted by atomic mass is 35.5. The first-order valence-electron chi connectivity index (χ1n) is 7.59. The van der Waals surface area contributed by atoms with Gasteiger partial charge >= 0.3 is 0 Å². The number of halogens is 1. The second kappa shape index (κ2) is 6.49. The number of aryl methyl sites for hydroxylation is 1. The van der Waals surface area contributed by atoms with E-state index in [-0.39, 0.29) is 23.1 Å². The van der Waals surface area contributed by atoms with E-state index in [0.29, 0.717) is 16.0 Å². The van der Waals surface area contributed by atoms with Crippen LogP contribution in [0.5, 0.6) is 0 Å². The first kappa shape index (κ1) is 16.3. The molecule has 0 saturated heterocycles.